The number of carbonyl (C=O) groups excluding carboxylic acids is 1. The van der Waals surface area contributed by atoms with Gasteiger partial charge in [-0.3, -0.25) is 4.79 Å². The third kappa shape index (κ3) is 4.58. The molecule has 3 rings (SSSR count). The van der Waals surface area contributed by atoms with E-state index in [1.54, 1.807) is 4.90 Å². The third-order valence-corrected chi connectivity index (χ3v) is 5.84. The Hall–Kier alpha value is -1.38. The monoisotopic (exact) mass is 355 g/mol. The maximum Gasteiger partial charge on any atom is 0.270 e. The molecule has 1 saturated heterocycles. The van der Waals surface area contributed by atoms with Crippen LogP contribution in [0.3, 0.4) is 0 Å². The third-order valence-electron chi connectivity index (χ3n) is 4.40. The van der Waals surface area contributed by atoms with E-state index in [2.05, 4.69) is 9.71 Å². The number of likely N-dealkylation sites (tertiary alicyclic amines) is 1. The molecule has 1 amide bonds. The number of amides is 1. The van der Waals surface area contributed by atoms with Crippen molar-refractivity contribution in [1.29, 1.82) is 0 Å². The molecule has 134 valence electrons. The highest BCUT2D eigenvalue weighted by atomic mass is 32.2. The summed E-state index contributed by atoms with van der Waals surface area (Å²) in [6.45, 7) is 3.14. The van der Waals surface area contributed by atoms with Crippen LogP contribution in [0.15, 0.2) is 17.2 Å². The van der Waals surface area contributed by atoms with Crippen molar-refractivity contribution in [2.75, 3.05) is 32.8 Å². The van der Waals surface area contributed by atoms with Crippen molar-refractivity contribution in [2.45, 2.75) is 37.0 Å². The Kier molecular flexibility index (Phi) is 5.57. The Labute approximate surface area is 142 Å². The molecule has 2 fully saturated rings. The molecule has 1 aliphatic carbocycles. The maximum atomic E-state index is 12.2. The summed E-state index contributed by atoms with van der Waals surface area (Å²) in [6.07, 6.45) is 6.51. The summed E-state index contributed by atoms with van der Waals surface area (Å²) in [5, 5.41) is 0. The second-order valence-electron chi connectivity index (χ2n) is 6.52. The topological polar surface area (TPSA) is 91.5 Å². The number of sulfonamides is 1. The molecule has 0 bridgehead atoms. The van der Waals surface area contributed by atoms with Crippen LogP contribution in [0.5, 0.6) is 0 Å². The van der Waals surface area contributed by atoms with Gasteiger partial charge in [-0.05, 0) is 44.1 Å². The zero-order valence-electron chi connectivity index (χ0n) is 13.8. The van der Waals surface area contributed by atoms with E-state index in [9.17, 15) is 13.2 Å². The zero-order chi connectivity index (χ0) is 17.0. The molecule has 0 radical (unpaired) electrons. The molecule has 24 heavy (non-hydrogen) atoms. The minimum absolute atomic E-state index is 0.101. The van der Waals surface area contributed by atoms with E-state index >= 15 is 0 Å². The van der Waals surface area contributed by atoms with E-state index in [4.69, 9.17) is 4.74 Å². The van der Waals surface area contributed by atoms with Gasteiger partial charge in [-0.1, -0.05) is 0 Å². The predicted octanol–water partition coefficient (Wildman–Crippen LogP) is 1.35. The van der Waals surface area contributed by atoms with Gasteiger partial charge in [0.25, 0.3) is 5.91 Å². The molecular formula is C16H25N3O4S. The fourth-order valence-corrected chi connectivity index (χ4v) is 3.81. The summed E-state index contributed by atoms with van der Waals surface area (Å²) in [4.78, 5) is 16.9. The number of aromatic amines is 1. The van der Waals surface area contributed by atoms with Gasteiger partial charge < -0.3 is 14.6 Å². The molecule has 1 aliphatic heterocycles. The quantitative estimate of drug-likeness (QED) is 0.654. The summed E-state index contributed by atoms with van der Waals surface area (Å²) >= 11 is 0. The Morgan fingerprint density at radius 2 is 2.08 bits per heavy atom. The number of nitrogens with zero attached hydrogens (tertiary/aromatic N) is 1. The fourth-order valence-electron chi connectivity index (χ4n) is 2.74. The number of hydrogen-bond acceptors (Lipinski definition) is 4. The number of hydrogen-bond donors (Lipinski definition) is 2. The molecule has 1 aromatic heterocycles. The number of aromatic nitrogens is 1. The highest BCUT2D eigenvalue weighted by Crippen LogP contribution is 2.28. The summed E-state index contributed by atoms with van der Waals surface area (Å²) in [5.74, 6) is 0.579. The van der Waals surface area contributed by atoms with Gasteiger partial charge in [0.2, 0.25) is 10.0 Å². The number of rotatable bonds is 9. The first-order valence-electron chi connectivity index (χ1n) is 8.61. The minimum atomic E-state index is -3.60. The normalized spacial score (nSPS) is 18.2. The van der Waals surface area contributed by atoms with Gasteiger partial charge in [0.05, 0.1) is 0 Å². The smallest absolute Gasteiger partial charge is 0.270 e. The summed E-state index contributed by atoms with van der Waals surface area (Å²) in [7, 11) is -3.60. The predicted molar refractivity (Wildman–Crippen MR) is 89.3 cm³/mol. The molecule has 7 nitrogen and oxygen atoms in total. The Morgan fingerprint density at radius 3 is 2.79 bits per heavy atom. The second-order valence-corrected chi connectivity index (χ2v) is 8.28. The van der Waals surface area contributed by atoms with Crippen LogP contribution in [-0.4, -0.2) is 57.1 Å². The van der Waals surface area contributed by atoms with Gasteiger partial charge in [0.15, 0.2) is 0 Å². The van der Waals surface area contributed by atoms with Crippen LogP contribution in [0, 0.1) is 5.92 Å². The van der Waals surface area contributed by atoms with Crippen molar-refractivity contribution in [3.8, 4) is 0 Å². The molecule has 0 atom stereocenters. The molecule has 2 heterocycles. The van der Waals surface area contributed by atoms with Crippen molar-refractivity contribution in [2.24, 2.45) is 5.92 Å². The number of nitrogens with one attached hydrogen (secondary N) is 2. The van der Waals surface area contributed by atoms with E-state index in [0.29, 0.717) is 31.2 Å². The van der Waals surface area contributed by atoms with Gasteiger partial charge >= 0.3 is 0 Å². The zero-order valence-corrected chi connectivity index (χ0v) is 14.6. The lowest BCUT2D eigenvalue weighted by atomic mass is 10.4. The molecule has 1 saturated carbocycles. The van der Waals surface area contributed by atoms with Crippen LogP contribution >= 0.6 is 0 Å². The molecule has 2 aliphatic rings. The van der Waals surface area contributed by atoms with Crippen LogP contribution in [0.4, 0.5) is 0 Å². The standard InChI is InChI=1S/C16H25N3O4S/c20-16(19-7-1-2-8-19)15-10-14(11-17-15)24(21,22)18-6-3-9-23-12-13-4-5-13/h10-11,13,17-18H,1-9,12H2. The number of carbonyl (C=O) groups is 1. The van der Waals surface area contributed by atoms with Crippen molar-refractivity contribution in [1.82, 2.24) is 14.6 Å². The first kappa shape index (κ1) is 17.4. The van der Waals surface area contributed by atoms with Gasteiger partial charge in [0.1, 0.15) is 10.6 Å². The summed E-state index contributed by atoms with van der Waals surface area (Å²) in [5.41, 5.74) is 0.324. The summed E-state index contributed by atoms with van der Waals surface area (Å²) < 4.78 is 32.5. The number of ether oxygens (including phenoxy) is 1. The van der Waals surface area contributed by atoms with Crippen molar-refractivity contribution in [3.63, 3.8) is 0 Å². The van der Waals surface area contributed by atoms with Gasteiger partial charge in [-0.25, -0.2) is 13.1 Å². The van der Waals surface area contributed by atoms with E-state index in [-0.39, 0.29) is 10.8 Å². The Bertz CT molecular complexity index is 661. The highest BCUT2D eigenvalue weighted by molar-refractivity contribution is 7.89. The molecule has 0 aromatic carbocycles. The lowest BCUT2D eigenvalue weighted by molar-refractivity contribution is 0.0787. The highest BCUT2D eigenvalue weighted by Gasteiger charge is 2.23. The van der Waals surface area contributed by atoms with Gasteiger partial charge in [-0.2, -0.15) is 0 Å². The first-order chi connectivity index (χ1) is 11.6. The van der Waals surface area contributed by atoms with Crippen LogP contribution < -0.4 is 4.72 Å². The SMILES string of the molecule is O=C(c1cc(S(=O)(=O)NCCCOCC2CC2)c[nH]1)N1CCCC1. The first-order valence-corrected chi connectivity index (χ1v) is 10.1. The minimum Gasteiger partial charge on any atom is -0.381 e. The molecule has 1 aromatic rings. The maximum absolute atomic E-state index is 12.2. The average molecular weight is 355 g/mol. The van der Waals surface area contributed by atoms with E-state index in [1.807, 2.05) is 0 Å². The van der Waals surface area contributed by atoms with Crippen molar-refractivity contribution in [3.05, 3.63) is 18.0 Å². The lowest BCUT2D eigenvalue weighted by Crippen LogP contribution is -2.28. The van der Waals surface area contributed by atoms with Gasteiger partial charge in [-0.15, -0.1) is 0 Å². The number of H-pyrrole nitrogens is 1. The van der Waals surface area contributed by atoms with E-state index in [0.717, 1.165) is 32.5 Å². The Morgan fingerprint density at radius 1 is 1.33 bits per heavy atom. The van der Waals surface area contributed by atoms with Crippen LogP contribution in [0.25, 0.3) is 0 Å². The Balaban J connectivity index is 1.46. The van der Waals surface area contributed by atoms with Crippen LogP contribution in [0.2, 0.25) is 0 Å². The average Bonchev–Trinajstić information content (AvgIpc) is 3.06. The molecule has 0 spiro atoms. The largest absolute Gasteiger partial charge is 0.381 e. The van der Waals surface area contributed by atoms with Crippen molar-refractivity contribution >= 4 is 15.9 Å². The summed E-state index contributed by atoms with van der Waals surface area (Å²) in [6, 6.07) is 1.41. The van der Waals surface area contributed by atoms with Gasteiger partial charge in [0, 0.05) is 39.0 Å². The fraction of sp³-hybridized carbons (Fsp3) is 0.688. The second kappa shape index (κ2) is 7.67. The molecule has 8 heteroatoms. The molecule has 2 N–H and O–H groups in total. The van der Waals surface area contributed by atoms with Crippen LogP contribution in [0.1, 0.15) is 42.6 Å². The lowest BCUT2D eigenvalue weighted by Gasteiger charge is -2.13. The van der Waals surface area contributed by atoms with Crippen molar-refractivity contribution < 1.29 is 17.9 Å². The molecular weight excluding hydrogens is 330 g/mol. The van der Waals surface area contributed by atoms with E-state index < -0.39 is 10.0 Å². The van der Waals surface area contributed by atoms with Crippen LogP contribution in [-0.2, 0) is 14.8 Å². The van der Waals surface area contributed by atoms with E-state index in [1.165, 1.54) is 25.1 Å². The molecule has 0 unspecified atom stereocenters.